The molecule has 4 rings (SSSR count). The molecule has 2 aromatic carbocycles. The van der Waals surface area contributed by atoms with Crippen LogP contribution >= 0.6 is 0 Å². The van der Waals surface area contributed by atoms with Crippen LogP contribution in [0.1, 0.15) is 17.9 Å². The average molecular weight is 503 g/mol. The molecule has 1 amide bonds. The molecule has 1 saturated heterocycles. The van der Waals surface area contributed by atoms with Gasteiger partial charge in [0.2, 0.25) is 11.7 Å². The van der Waals surface area contributed by atoms with Crippen LogP contribution in [0.25, 0.3) is 0 Å². The van der Waals surface area contributed by atoms with E-state index in [1.165, 1.54) is 31.5 Å². The summed E-state index contributed by atoms with van der Waals surface area (Å²) in [7, 11) is -2.81. The monoisotopic (exact) mass is 502 g/mol. The van der Waals surface area contributed by atoms with E-state index in [4.69, 9.17) is 9.88 Å². The maximum atomic E-state index is 14.6. The second-order valence-corrected chi connectivity index (χ2v) is 9.69. The molecule has 184 valence electrons. The number of pyridine rings is 1. The van der Waals surface area contributed by atoms with E-state index in [9.17, 15) is 22.0 Å². The van der Waals surface area contributed by atoms with Gasteiger partial charge >= 0.3 is 0 Å². The third-order valence-electron chi connectivity index (χ3n) is 6.05. The van der Waals surface area contributed by atoms with Gasteiger partial charge in [-0.05, 0) is 30.7 Å². The lowest BCUT2D eigenvalue weighted by molar-refractivity contribution is -0.121. The number of sulfonamides is 1. The normalized spacial score (nSPS) is 18.2. The van der Waals surface area contributed by atoms with Gasteiger partial charge in [-0.25, -0.2) is 22.9 Å². The fourth-order valence-corrected chi connectivity index (χ4v) is 4.88. The highest BCUT2D eigenvalue weighted by Crippen LogP contribution is 2.40. The number of nitrogens with one attached hydrogen (secondary N) is 1. The van der Waals surface area contributed by atoms with Crippen molar-refractivity contribution in [1.82, 2.24) is 4.98 Å². The van der Waals surface area contributed by atoms with Crippen LogP contribution in [0, 0.1) is 17.6 Å². The Bertz CT molecular complexity index is 1340. The number of para-hydroxylation sites is 1. The number of carbonyl (C=O) groups excluding carboxylic acids is 1. The quantitative estimate of drug-likeness (QED) is 0.535. The van der Waals surface area contributed by atoms with Gasteiger partial charge < -0.3 is 15.0 Å². The second kappa shape index (κ2) is 9.96. The molecule has 35 heavy (non-hydrogen) atoms. The van der Waals surface area contributed by atoms with E-state index >= 15 is 0 Å². The standard InChI is InChI=1S/C24H24F2N4O4S/c1-34-23-17(7-8-20(25)22(23)26)19-14-30(16-5-3-2-4-6-16)12-10-18(19)24(31)29-15-9-11-28-21(13-15)35(27,32)33/h2-9,11,13,18-19H,10,12,14H2,1H3,(H2,27,32,33)(H,28,29,31). The van der Waals surface area contributed by atoms with E-state index in [-0.39, 0.29) is 16.5 Å². The van der Waals surface area contributed by atoms with E-state index in [0.29, 0.717) is 25.1 Å². The topological polar surface area (TPSA) is 115 Å². The predicted molar refractivity (Wildman–Crippen MR) is 127 cm³/mol. The first-order valence-corrected chi connectivity index (χ1v) is 12.3. The molecule has 1 fully saturated rings. The molecular weight excluding hydrogens is 478 g/mol. The highest BCUT2D eigenvalue weighted by atomic mass is 32.2. The fraction of sp³-hybridized carbons (Fsp3) is 0.250. The van der Waals surface area contributed by atoms with Crippen molar-refractivity contribution in [2.24, 2.45) is 11.1 Å². The van der Waals surface area contributed by atoms with Gasteiger partial charge in [-0.1, -0.05) is 24.3 Å². The van der Waals surface area contributed by atoms with Crippen LogP contribution in [-0.2, 0) is 14.8 Å². The molecule has 3 aromatic rings. The molecule has 0 bridgehead atoms. The van der Waals surface area contributed by atoms with Crippen molar-refractivity contribution in [3.05, 3.63) is 78.0 Å². The third kappa shape index (κ3) is 5.25. The van der Waals surface area contributed by atoms with Crippen LogP contribution in [0.3, 0.4) is 0 Å². The van der Waals surface area contributed by atoms with Gasteiger partial charge in [0.1, 0.15) is 0 Å². The molecule has 0 spiro atoms. The molecule has 8 nitrogen and oxygen atoms in total. The number of piperidine rings is 1. The zero-order valence-electron chi connectivity index (χ0n) is 18.8. The summed E-state index contributed by atoms with van der Waals surface area (Å²) in [6.07, 6.45) is 1.63. The number of amides is 1. The molecule has 2 heterocycles. The molecular formula is C24H24F2N4O4S. The first kappa shape index (κ1) is 24.6. The van der Waals surface area contributed by atoms with E-state index in [2.05, 4.69) is 15.2 Å². The van der Waals surface area contributed by atoms with Crippen LogP contribution in [0.2, 0.25) is 0 Å². The highest BCUT2D eigenvalue weighted by molar-refractivity contribution is 7.89. The number of ether oxygens (including phenoxy) is 1. The number of anilines is 2. The number of hydrogen-bond donors (Lipinski definition) is 2. The van der Waals surface area contributed by atoms with E-state index in [0.717, 1.165) is 11.8 Å². The molecule has 0 saturated carbocycles. The van der Waals surface area contributed by atoms with Gasteiger partial charge in [-0.2, -0.15) is 4.39 Å². The largest absolute Gasteiger partial charge is 0.493 e. The molecule has 0 radical (unpaired) electrons. The van der Waals surface area contributed by atoms with E-state index in [1.54, 1.807) is 0 Å². The number of nitrogens with two attached hydrogens (primary N) is 1. The van der Waals surface area contributed by atoms with Crippen LogP contribution < -0.4 is 20.1 Å². The van der Waals surface area contributed by atoms with Crippen molar-refractivity contribution >= 4 is 27.3 Å². The first-order valence-electron chi connectivity index (χ1n) is 10.8. The van der Waals surface area contributed by atoms with E-state index in [1.807, 2.05) is 30.3 Å². The van der Waals surface area contributed by atoms with Gasteiger partial charge in [0.25, 0.3) is 10.0 Å². The molecule has 11 heteroatoms. The molecule has 1 aliphatic rings. The van der Waals surface area contributed by atoms with Crippen molar-refractivity contribution in [3.63, 3.8) is 0 Å². The maximum Gasteiger partial charge on any atom is 0.255 e. The number of benzene rings is 2. The van der Waals surface area contributed by atoms with Gasteiger partial charge in [0, 0.05) is 54.1 Å². The molecule has 0 aliphatic carbocycles. The number of nitrogens with zero attached hydrogens (tertiary/aromatic N) is 2. The maximum absolute atomic E-state index is 14.6. The SMILES string of the molecule is COc1c(C2CN(c3ccccc3)CCC2C(=O)Nc2ccnc(S(N)(=O)=O)c2)ccc(F)c1F. The number of primary sulfonamides is 1. The minimum absolute atomic E-state index is 0.204. The number of methoxy groups -OCH3 is 1. The van der Waals surface area contributed by atoms with Gasteiger partial charge in [-0.15, -0.1) is 0 Å². The molecule has 1 aliphatic heterocycles. The van der Waals surface area contributed by atoms with Crippen molar-refractivity contribution in [2.45, 2.75) is 17.4 Å². The summed E-state index contributed by atoms with van der Waals surface area (Å²) in [4.78, 5) is 19.2. The van der Waals surface area contributed by atoms with Crippen molar-refractivity contribution in [3.8, 4) is 5.75 Å². The third-order valence-corrected chi connectivity index (χ3v) is 6.86. The van der Waals surface area contributed by atoms with Crippen molar-refractivity contribution in [1.29, 1.82) is 0 Å². The lowest BCUT2D eigenvalue weighted by Crippen LogP contribution is -2.44. The zero-order valence-corrected chi connectivity index (χ0v) is 19.6. The minimum Gasteiger partial charge on any atom is -0.493 e. The summed E-state index contributed by atoms with van der Waals surface area (Å²) in [6.45, 7) is 0.895. The lowest BCUT2D eigenvalue weighted by Gasteiger charge is -2.39. The lowest BCUT2D eigenvalue weighted by atomic mass is 9.79. The Morgan fingerprint density at radius 2 is 1.91 bits per heavy atom. The number of aromatic nitrogens is 1. The van der Waals surface area contributed by atoms with Crippen molar-refractivity contribution in [2.75, 3.05) is 30.4 Å². The van der Waals surface area contributed by atoms with Crippen LogP contribution in [0.15, 0.2) is 65.8 Å². The first-order chi connectivity index (χ1) is 16.7. The Morgan fingerprint density at radius 3 is 2.60 bits per heavy atom. The summed E-state index contributed by atoms with van der Waals surface area (Å²) in [6, 6.07) is 14.6. The smallest absolute Gasteiger partial charge is 0.255 e. The molecule has 2 unspecified atom stereocenters. The highest BCUT2D eigenvalue weighted by Gasteiger charge is 2.38. The Hall–Kier alpha value is -3.57. The Labute approximate surface area is 201 Å². The number of hydrogen-bond acceptors (Lipinski definition) is 6. The molecule has 1 aromatic heterocycles. The summed E-state index contributed by atoms with van der Waals surface area (Å²) >= 11 is 0. The minimum atomic E-state index is -4.06. The Morgan fingerprint density at radius 1 is 1.17 bits per heavy atom. The Balaban J connectivity index is 1.69. The molecule has 3 N–H and O–H groups in total. The number of rotatable bonds is 6. The predicted octanol–water partition coefficient (Wildman–Crippen LogP) is 3.26. The van der Waals surface area contributed by atoms with Gasteiger partial charge in [0.15, 0.2) is 16.6 Å². The summed E-state index contributed by atoms with van der Waals surface area (Å²) in [5, 5.41) is 7.47. The van der Waals surface area contributed by atoms with Crippen LogP contribution in [0.4, 0.5) is 20.2 Å². The van der Waals surface area contributed by atoms with E-state index < -0.39 is 39.4 Å². The van der Waals surface area contributed by atoms with Gasteiger partial charge in [-0.3, -0.25) is 4.79 Å². The second-order valence-electron chi connectivity index (χ2n) is 8.18. The molecule has 2 atom stereocenters. The Kier molecular flexibility index (Phi) is 6.99. The summed E-state index contributed by atoms with van der Waals surface area (Å²) in [5.74, 6) is -4.00. The number of halogens is 2. The zero-order chi connectivity index (χ0) is 25.2. The number of carbonyl (C=O) groups is 1. The summed E-state index contributed by atoms with van der Waals surface area (Å²) < 4.78 is 57.0. The average Bonchev–Trinajstić information content (AvgIpc) is 2.85. The van der Waals surface area contributed by atoms with Gasteiger partial charge in [0.05, 0.1) is 7.11 Å². The van der Waals surface area contributed by atoms with Crippen LogP contribution in [-0.4, -0.2) is 39.5 Å². The summed E-state index contributed by atoms with van der Waals surface area (Å²) in [5.41, 5.74) is 1.51. The van der Waals surface area contributed by atoms with Crippen molar-refractivity contribution < 1.29 is 26.7 Å². The fourth-order valence-electron chi connectivity index (χ4n) is 4.38. The van der Waals surface area contributed by atoms with Crippen LogP contribution in [0.5, 0.6) is 5.75 Å².